The summed E-state index contributed by atoms with van der Waals surface area (Å²) >= 11 is 0. The lowest BCUT2D eigenvalue weighted by molar-refractivity contribution is -0.173. The molecule has 5 rings (SSSR count). The number of nitrogens with zero attached hydrogens (tertiary/aromatic N) is 3. The van der Waals surface area contributed by atoms with Crippen LogP contribution in [0.1, 0.15) is 59.8 Å². The molecule has 3 heterocycles. The zero-order chi connectivity index (χ0) is 27.6. The van der Waals surface area contributed by atoms with Crippen LogP contribution in [-0.4, -0.2) is 52.4 Å². The lowest BCUT2D eigenvalue weighted by Crippen LogP contribution is -2.48. The minimum atomic E-state index is -4.53. The Morgan fingerprint density at radius 3 is 2.31 bits per heavy atom. The van der Waals surface area contributed by atoms with Gasteiger partial charge in [0.1, 0.15) is 11.4 Å². The number of anilines is 1. The van der Waals surface area contributed by atoms with Gasteiger partial charge in [0, 0.05) is 19.5 Å². The third-order valence-corrected chi connectivity index (χ3v) is 7.77. The zero-order valence-corrected chi connectivity index (χ0v) is 21.7. The van der Waals surface area contributed by atoms with Crippen molar-refractivity contribution in [2.24, 2.45) is 5.41 Å². The highest BCUT2D eigenvalue weighted by Gasteiger charge is 2.48. The average molecular weight is 541 g/mol. The number of carbonyl (C=O) groups is 2. The summed E-state index contributed by atoms with van der Waals surface area (Å²) in [7, 11) is 0. The van der Waals surface area contributed by atoms with Crippen molar-refractivity contribution in [1.82, 2.24) is 14.7 Å². The number of ether oxygens (including phenoxy) is 1. The summed E-state index contributed by atoms with van der Waals surface area (Å²) in [4.78, 5) is 28.3. The Morgan fingerprint density at radius 2 is 1.69 bits per heavy atom. The van der Waals surface area contributed by atoms with E-state index >= 15 is 0 Å². The molecule has 2 atom stereocenters. The molecule has 0 aliphatic carbocycles. The first-order valence-corrected chi connectivity index (χ1v) is 13.2. The van der Waals surface area contributed by atoms with Crippen molar-refractivity contribution in [2.75, 3.05) is 25.0 Å². The van der Waals surface area contributed by atoms with Gasteiger partial charge in [-0.05, 0) is 37.3 Å². The number of hydrogen-bond donors (Lipinski definition) is 1. The summed E-state index contributed by atoms with van der Waals surface area (Å²) in [6, 6.07) is 16.1. The number of esters is 1. The quantitative estimate of drug-likeness (QED) is 0.414. The van der Waals surface area contributed by atoms with Gasteiger partial charge < -0.3 is 15.0 Å². The van der Waals surface area contributed by atoms with E-state index in [0.29, 0.717) is 24.8 Å². The standard InChI is InChI=1S/C29H31F3N4O3/c1-2-39-27(38)28(18-20-9-5-3-6-10-20)13-15-35(16-14-28)26(37)22-19-33-36-24(29(30,31)32)17-23(34-25(22)36)21-11-7-4-8-12-21/h3-12,19,23-24,34H,2,13-18H2,1H3/t23?,24-/m0/s1. The van der Waals surface area contributed by atoms with Crippen LogP contribution >= 0.6 is 0 Å². The Kier molecular flexibility index (Phi) is 7.38. The van der Waals surface area contributed by atoms with Crippen molar-refractivity contribution in [3.63, 3.8) is 0 Å². The monoisotopic (exact) mass is 540 g/mol. The van der Waals surface area contributed by atoms with Crippen LogP contribution in [0.15, 0.2) is 66.9 Å². The second-order valence-corrected chi connectivity index (χ2v) is 10.2. The number of likely N-dealkylation sites (tertiary alicyclic amines) is 1. The molecule has 206 valence electrons. The largest absolute Gasteiger partial charge is 0.466 e. The average Bonchev–Trinajstić information content (AvgIpc) is 3.37. The maximum absolute atomic E-state index is 14.0. The zero-order valence-electron chi connectivity index (χ0n) is 21.7. The maximum Gasteiger partial charge on any atom is 0.410 e. The molecule has 0 radical (unpaired) electrons. The first-order chi connectivity index (χ1) is 18.7. The summed E-state index contributed by atoms with van der Waals surface area (Å²) in [5.41, 5.74) is 1.03. The molecule has 0 bridgehead atoms. The fraction of sp³-hybridized carbons (Fsp3) is 0.414. The van der Waals surface area contributed by atoms with Crippen molar-refractivity contribution in [3.8, 4) is 0 Å². The van der Waals surface area contributed by atoms with Crippen molar-refractivity contribution >= 4 is 17.7 Å². The number of hydrogen-bond acceptors (Lipinski definition) is 5. The third-order valence-electron chi connectivity index (χ3n) is 7.77. The highest BCUT2D eigenvalue weighted by atomic mass is 19.4. The molecule has 2 aliphatic heterocycles. The molecular formula is C29H31F3N4O3. The second kappa shape index (κ2) is 10.7. The number of amides is 1. The topological polar surface area (TPSA) is 76.5 Å². The van der Waals surface area contributed by atoms with E-state index in [9.17, 15) is 22.8 Å². The maximum atomic E-state index is 14.0. The predicted molar refractivity (Wildman–Crippen MR) is 139 cm³/mol. The lowest BCUT2D eigenvalue weighted by atomic mass is 9.73. The van der Waals surface area contributed by atoms with E-state index in [-0.39, 0.29) is 43.5 Å². The number of benzene rings is 2. The van der Waals surface area contributed by atoms with Gasteiger partial charge in [0.25, 0.3) is 5.91 Å². The van der Waals surface area contributed by atoms with E-state index in [2.05, 4.69) is 10.4 Å². The molecule has 0 spiro atoms. The van der Waals surface area contributed by atoms with Crippen LogP contribution in [0.5, 0.6) is 0 Å². The number of piperidine rings is 1. The van der Waals surface area contributed by atoms with Gasteiger partial charge in [-0.1, -0.05) is 60.7 Å². The Balaban J connectivity index is 1.38. The van der Waals surface area contributed by atoms with Crippen LogP contribution in [-0.2, 0) is 16.0 Å². The van der Waals surface area contributed by atoms with E-state index in [1.54, 1.807) is 42.2 Å². The summed E-state index contributed by atoms with van der Waals surface area (Å²) in [5, 5.41) is 7.14. The van der Waals surface area contributed by atoms with Gasteiger partial charge in [-0.25, -0.2) is 4.68 Å². The predicted octanol–water partition coefficient (Wildman–Crippen LogP) is 5.57. The van der Waals surface area contributed by atoms with Gasteiger partial charge in [-0.3, -0.25) is 9.59 Å². The van der Waals surface area contributed by atoms with Gasteiger partial charge in [0.05, 0.1) is 24.3 Å². The molecule has 1 amide bonds. The van der Waals surface area contributed by atoms with Gasteiger partial charge in [0.15, 0.2) is 6.04 Å². The molecule has 1 fully saturated rings. The minimum absolute atomic E-state index is 0.0638. The highest BCUT2D eigenvalue weighted by molar-refractivity contribution is 5.99. The van der Waals surface area contributed by atoms with Crippen LogP contribution in [0.4, 0.5) is 19.0 Å². The molecule has 39 heavy (non-hydrogen) atoms. The smallest absolute Gasteiger partial charge is 0.410 e. The summed E-state index contributed by atoms with van der Waals surface area (Å²) in [6.07, 6.45) is -2.28. The molecule has 7 nitrogen and oxygen atoms in total. The fourth-order valence-electron chi connectivity index (χ4n) is 5.66. The van der Waals surface area contributed by atoms with E-state index in [1.165, 1.54) is 6.20 Å². The first-order valence-electron chi connectivity index (χ1n) is 13.2. The molecular weight excluding hydrogens is 509 g/mol. The van der Waals surface area contributed by atoms with Crippen molar-refractivity contribution < 1.29 is 27.5 Å². The second-order valence-electron chi connectivity index (χ2n) is 10.2. The normalized spacial score (nSPS) is 20.6. The summed E-state index contributed by atoms with van der Waals surface area (Å²) in [6.45, 7) is 2.58. The highest BCUT2D eigenvalue weighted by Crippen LogP contribution is 2.45. The molecule has 1 aromatic heterocycles. The van der Waals surface area contributed by atoms with E-state index < -0.39 is 29.6 Å². The van der Waals surface area contributed by atoms with E-state index in [1.807, 2.05) is 30.3 Å². The minimum Gasteiger partial charge on any atom is -0.466 e. The molecule has 2 aromatic carbocycles. The van der Waals surface area contributed by atoms with E-state index in [4.69, 9.17) is 4.74 Å². The Labute approximate surface area is 224 Å². The molecule has 1 unspecified atom stereocenters. The van der Waals surface area contributed by atoms with Gasteiger partial charge in [0.2, 0.25) is 0 Å². The molecule has 3 aromatic rings. The van der Waals surface area contributed by atoms with Gasteiger partial charge >= 0.3 is 12.1 Å². The van der Waals surface area contributed by atoms with Crippen molar-refractivity contribution in [3.05, 3.63) is 83.6 Å². The number of alkyl halides is 3. The number of carbonyl (C=O) groups excluding carboxylic acids is 2. The lowest BCUT2D eigenvalue weighted by Gasteiger charge is -2.40. The van der Waals surface area contributed by atoms with Crippen molar-refractivity contribution in [2.45, 2.75) is 50.9 Å². The Bertz CT molecular complexity index is 1300. The number of aromatic nitrogens is 2. The molecule has 2 aliphatic rings. The third kappa shape index (κ3) is 5.37. The van der Waals surface area contributed by atoms with Gasteiger partial charge in [-0.2, -0.15) is 18.3 Å². The molecule has 0 saturated carbocycles. The van der Waals surface area contributed by atoms with Gasteiger partial charge in [-0.15, -0.1) is 0 Å². The Morgan fingerprint density at radius 1 is 1.05 bits per heavy atom. The SMILES string of the molecule is CCOC(=O)C1(Cc2ccccc2)CCN(C(=O)c2cnn3c2NC(c2ccccc2)C[C@H]3C(F)(F)F)CC1. The van der Waals surface area contributed by atoms with Crippen LogP contribution in [0.3, 0.4) is 0 Å². The number of rotatable bonds is 6. The van der Waals surface area contributed by atoms with Crippen LogP contribution in [0, 0.1) is 5.41 Å². The number of nitrogens with one attached hydrogen (secondary N) is 1. The summed E-state index contributed by atoms with van der Waals surface area (Å²) in [5.74, 6) is -0.631. The van der Waals surface area contributed by atoms with Crippen molar-refractivity contribution in [1.29, 1.82) is 0 Å². The number of fused-ring (bicyclic) bond motifs is 1. The fourth-order valence-corrected chi connectivity index (χ4v) is 5.66. The number of halogens is 3. The molecule has 1 N–H and O–H groups in total. The van der Waals surface area contributed by atoms with E-state index in [0.717, 1.165) is 10.2 Å². The molecule has 10 heteroatoms. The van der Waals surface area contributed by atoms with Crippen LogP contribution in [0.2, 0.25) is 0 Å². The molecule has 1 saturated heterocycles. The van der Waals surface area contributed by atoms with Crippen LogP contribution < -0.4 is 5.32 Å². The Hall–Kier alpha value is -3.82. The first kappa shape index (κ1) is 26.8. The summed E-state index contributed by atoms with van der Waals surface area (Å²) < 4.78 is 48.5. The van der Waals surface area contributed by atoms with Crippen LogP contribution in [0.25, 0.3) is 0 Å².